The van der Waals surface area contributed by atoms with Gasteiger partial charge in [-0.2, -0.15) is 0 Å². The molecule has 1 atom stereocenters. The summed E-state index contributed by atoms with van der Waals surface area (Å²) in [4.78, 5) is 65.0. The van der Waals surface area contributed by atoms with Gasteiger partial charge in [0.1, 0.15) is 19.8 Å². The molecule has 1 fully saturated rings. The summed E-state index contributed by atoms with van der Waals surface area (Å²) in [6.07, 6.45) is 22.1. The lowest BCUT2D eigenvalue weighted by molar-refractivity contribution is -0.155. The van der Waals surface area contributed by atoms with Crippen molar-refractivity contribution < 1.29 is 52.8 Å². The minimum Gasteiger partial charge on any atom is -0.465 e. The van der Waals surface area contributed by atoms with E-state index < -0.39 is 17.9 Å². The van der Waals surface area contributed by atoms with Crippen molar-refractivity contribution in [1.29, 1.82) is 0 Å². The highest BCUT2D eigenvalue weighted by Crippen LogP contribution is 2.24. The predicted molar refractivity (Wildman–Crippen MR) is 221 cm³/mol. The van der Waals surface area contributed by atoms with Crippen LogP contribution >= 0.6 is 0 Å². The zero-order chi connectivity index (χ0) is 41.8. The fraction of sp³-hybridized carbons (Fsp3) is 0.889. The number of nitrogens with zero attached hydrogens (tertiary/aromatic N) is 1. The average molecular weight is 812 g/mol. The Morgan fingerprint density at radius 3 is 1.19 bits per heavy atom. The monoisotopic (exact) mass is 812 g/mol. The molecule has 1 N–H and O–H groups in total. The molecule has 1 rings (SSSR count). The molecular formula is C45H81NO11. The van der Waals surface area contributed by atoms with Crippen molar-refractivity contribution in [2.45, 2.75) is 194 Å². The molecule has 1 aliphatic carbocycles. The van der Waals surface area contributed by atoms with Crippen LogP contribution in [0.25, 0.3) is 0 Å². The standard InChI is InChI=1S/C45H81NO11/c1-4-7-10-13-16-19-27-43(50)55-35-39(37-57-45(52)29-30-46(31-32-47)40-23-21-24-40)36-56-44(51)28-20-22-38(33-53-41(48)25-17-14-11-8-5-2)34-54-42(49)26-18-15-12-9-6-3/h38-40,47H,4-37H2,1-3H3. The van der Waals surface area contributed by atoms with Crippen LogP contribution < -0.4 is 0 Å². The highest BCUT2D eigenvalue weighted by Gasteiger charge is 2.25. The third-order valence-electron chi connectivity index (χ3n) is 10.7. The maximum absolute atomic E-state index is 12.9. The Hall–Kier alpha value is -2.73. The molecule has 12 heteroatoms. The van der Waals surface area contributed by atoms with E-state index in [9.17, 15) is 29.1 Å². The molecule has 0 aromatic carbocycles. The van der Waals surface area contributed by atoms with Gasteiger partial charge < -0.3 is 28.8 Å². The maximum atomic E-state index is 12.9. The van der Waals surface area contributed by atoms with Crippen molar-refractivity contribution >= 4 is 29.8 Å². The van der Waals surface area contributed by atoms with Gasteiger partial charge in [0, 0.05) is 50.7 Å². The summed E-state index contributed by atoms with van der Waals surface area (Å²) in [5.41, 5.74) is 0. The molecule has 0 radical (unpaired) electrons. The SMILES string of the molecule is CCCCCCCCC(=O)OCC(COC(=O)CCCC(COC(=O)CCCCCCC)COC(=O)CCCCCCC)COC(=O)CCN(CCO)C1CCC1. The molecule has 1 saturated carbocycles. The lowest BCUT2D eigenvalue weighted by Crippen LogP contribution is -2.43. The van der Waals surface area contributed by atoms with Crippen molar-refractivity contribution in [3.8, 4) is 0 Å². The molecule has 0 spiro atoms. The highest BCUT2D eigenvalue weighted by molar-refractivity contribution is 5.71. The maximum Gasteiger partial charge on any atom is 0.307 e. The molecular weight excluding hydrogens is 730 g/mol. The van der Waals surface area contributed by atoms with Crippen molar-refractivity contribution in [3.05, 3.63) is 0 Å². The van der Waals surface area contributed by atoms with E-state index in [2.05, 4.69) is 25.7 Å². The molecule has 1 aliphatic rings. The summed E-state index contributed by atoms with van der Waals surface area (Å²) >= 11 is 0. The van der Waals surface area contributed by atoms with Gasteiger partial charge in [-0.1, -0.05) is 111 Å². The zero-order valence-electron chi connectivity index (χ0n) is 36.3. The number of ether oxygens (including phenoxy) is 5. The molecule has 1 unspecified atom stereocenters. The Morgan fingerprint density at radius 2 is 0.825 bits per heavy atom. The first-order valence-electron chi connectivity index (χ1n) is 22.8. The number of esters is 5. The fourth-order valence-electron chi connectivity index (χ4n) is 6.70. The number of carbonyl (C=O) groups is 5. The Balaban J connectivity index is 2.66. The number of hydrogen-bond donors (Lipinski definition) is 1. The highest BCUT2D eigenvalue weighted by atomic mass is 16.6. The van der Waals surface area contributed by atoms with Gasteiger partial charge in [-0.25, -0.2) is 0 Å². The molecule has 0 aliphatic heterocycles. The van der Waals surface area contributed by atoms with Gasteiger partial charge in [-0.3, -0.25) is 28.9 Å². The Labute approximate surface area is 345 Å². The molecule has 0 aromatic rings. The minimum absolute atomic E-state index is 0.0309. The summed E-state index contributed by atoms with van der Waals surface area (Å²) in [5.74, 6) is -2.47. The van der Waals surface area contributed by atoms with Gasteiger partial charge in [-0.15, -0.1) is 0 Å². The third kappa shape index (κ3) is 30.0. The molecule has 0 aromatic heterocycles. The first-order chi connectivity index (χ1) is 27.7. The summed E-state index contributed by atoms with van der Waals surface area (Å²) in [6, 6.07) is 0.388. The Kier molecular flexibility index (Phi) is 33.4. The van der Waals surface area contributed by atoms with Crippen molar-refractivity contribution in [2.24, 2.45) is 11.8 Å². The average Bonchev–Trinajstić information content (AvgIpc) is 3.17. The normalized spacial score (nSPS) is 13.3. The number of aliphatic hydroxyl groups excluding tert-OH is 1. The van der Waals surface area contributed by atoms with Gasteiger partial charge in [0.15, 0.2) is 0 Å². The van der Waals surface area contributed by atoms with Crippen LogP contribution in [0.5, 0.6) is 0 Å². The number of hydrogen-bond acceptors (Lipinski definition) is 12. The van der Waals surface area contributed by atoms with Gasteiger partial charge >= 0.3 is 29.8 Å². The molecule has 0 heterocycles. The van der Waals surface area contributed by atoms with Crippen molar-refractivity contribution in [2.75, 3.05) is 52.7 Å². The van der Waals surface area contributed by atoms with E-state index in [1.54, 1.807) is 0 Å². The van der Waals surface area contributed by atoms with Crippen LogP contribution in [-0.2, 0) is 47.7 Å². The van der Waals surface area contributed by atoms with E-state index in [1.165, 1.54) is 6.42 Å². The summed E-state index contributed by atoms with van der Waals surface area (Å²) in [6.45, 7) is 7.55. The summed E-state index contributed by atoms with van der Waals surface area (Å²) in [7, 11) is 0. The lowest BCUT2D eigenvalue weighted by atomic mass is 9.91. The van der Waals surface area contributed by atoms with Gasteiger partial charge in [-0.05, 0) is 44.9 Å². The fourth-order valence-corrected chi connectivity index (χ4v) is 6.70. The van der Waals surface area contributed by atoms with E-state index in [0.29, 0.717) is 51.2 Å². The summed E-state index contributed by atoms with van der Waals surface area (Å²) < 4.78 is 27.8. The van der Waals surface area contributed by atoms with Crippen LogP contribution in [0.1, 0.15) is 188 Å². The lowest BCUT2D eigenvalue weighted by Gasteiger charge is -2.37. The Morgan fingerprint density at radius 1 is 0.474 bits per heavy atom. The van der Waals surface area contributed by atoms with Gasteiger partial charge in [0.25, 0.3) is 0 Å². The van der Waals surface area contributed by atoms with E-state index in [1.807, 2.05) is 0 Å². The third-order valence-corrected chi connectivity index (χ3v) is 10.7. The second-order valence-electron chi connectivity index (χ2n) is 16.0. The second kappa shape index (κ2) is 36.4. The molecule has 57 heavy (non-hydrogen) atoms. The molecule has 0 amide bonds. The summed E-state index contributed by atoms with van der Waals surface area (Å²) in [5, 5.41) is 9.44. The molecule has 332 valence electrons. The number of carbonyl (C=O) groups excluding carboxylic acids is 5. The van der Waals surface area contributed by atoms with Crippen molar-refractivity contribution in [3.63, 3.8) is 0 Å². The van der Waals surface area contributed by atoms with Crippen LogP contribution in [0.4, 0.5) is 0 Å². The molecule has 0 bridgehead atoms. The number of rotatable bonds is 39. The van der Waals surface area contributed by atoms with Crippen LogP contribution in [0.3, 0.4) is 0 Å². The van der Waals surface area contributed by atoms with Crippen LogP contribution in [-0.4, -0.2) is 98.6 Å². The zero-order valence-corrected chi connectivity index (χ0v) is 36.3. The topological polar surface area (TPSA) is 155 Å². The minimum atomic E-state index is -0.526. The smallest absolute Gasteiger partial charge is 0.307 e. The van der Waals surface area contributed by atoms with E-state index in [4.69, 9.17) is 23.7 Å². The van der Waals surface area contributed by atoms with E-state index >= 15 is 0 Å². The van der Waals surface area contributed by atoms with E-state index in [-0.39, 0.29) is 76.3 Å². The van der Waals surface area contributed by atoms with Crippen molar-refractivity contribution in [1.82, 2.24) is 4.90 Å². The van der Waals surface area contributed by atoms with Gasteiger partial charge in [0.05, 0.1) is 32.2 Å². The largest absolute Gasteiger partial charge is 0.465 e. The Bertz CT molecular complexity index is 1020. The first kappa shape index (κ1) is 52.3. The molecule has 0 saturated heterocycles. The molecule has 12 nitrogen and oxygen atoms in total. The van der Waals surface area contributed by atoms with E-state index in [0.717, 1.165) is 116 Å². The predicted octanol–water partition coefficient (Wildman–Crippen LogP) is 8.81. The van der Waals surface area contributed by atoms with Crippen LogP contribution in [0.15, 0.2) is 0 Å². The van der Waals surface area contributed by atoms with Crippen LogP contribution in [0, 0.1) is 11.8 Å². The number of unbranched alkanes of at least 4 members (excludes halogenated alkanes) is 13. The van der Waals surface area contributed by atoms with Gasteiger partial charge in [0.2, 0.25) is 0 Å². The number of aliphatic hydroxyl groups is 1. The van der Waals surface area contributed by atoms with Crippen LogP contribution in [0.2, 0.25) is 0 Å². The quantitative estimate of drug-likeness (QED) is 0.0358. The second-order valence-corrected chi connectivity index (χ2v) is 16.0. The first-order valence-corrected chi connectivity index (χ1v) is 22.8.